The molecule has 2 heterocycles. The van der Waals surface area contributed by atoms with E-state index in [1.807, 2.05) is 0 Å². The number of likely N-dealkylation sites (tertiary alicyclic amines) is 2. The Hall–Kier alpha value is -1.17. The normalized spacial score (nSPS) is 25.2. The number of nitrogens with zero attached hydrogens (tertiary/aromatic N) is 2. The van der Waals surface area contributed by atoms with Crippen molar-refractivity contribution in [2.24, 2.45) is 11.8 Å². The van der Waals surface area contributed by atoms with Crippen molar-refractivity contribution in [1.29, 1.82) is 0 Å². The smallest absolute Gasteiger partial charge is 0.253 e. The van der Waals surface area contributed by atoms with Crippen molar-refractivity contribution in [2.75, 3.05) is 39.3 Å². The number of aliphatic hydroxyl groups excluding tert-OH is 1. The van der Waals surface area contributed by atoms with Crippen LogP contribution in [-0.2, 0) is 0 Å². The molecule has 2 aliphatic rings. The zero-order chi connectivity index (χ0) is 17.8. The van der Waals surface area contributed by atoms with E-state index in [0.29, 0.717) is 18.7 Å². The van der Waals surface area contributed by atoms with Crippen molar-refractivity contribution < 1.29 is 14.3 Å². The molecule has 2 saturated heterocycles. The van der Waals surface area contributed by atoms with E-state index in [2.05, 4.69) is 4.90 Å². The lowest BCUT2D eigenvalue weighted by Crippen LogP contribution is -2.35. The third-order valence-electron chi connectivity index (χ3n) is 5.46. The Morgan fingerprint density at radius 3 is 2.48 bits per heavy atom. The van der Waals surface area contributed by atoms with Crippen LogP contribution in [0.25, 0.3) is 0 Å². The van der Waals surface area contributed by atoms with Gasteiger partial charge in [0.1, 0.15) is 5.82 Å². The molecule has 0 bridgehead atoms. The van der Waals surface area contributed by atoms with Crippen molar-refractivity contribution in [3.63, 3.8) is 0 Å². The lowest BCUT2D eigenvalue weighted by molar-refractivity contribution is 0.0779. The van der Waals surface area contributed by atoms with Gasteiger partial charge in [-0.15, -0.1) is 0 Å². The molecule has 0 spiro atoms. The average Bonchev–Trinajstić information content (AvgIpc) is 2.83. The second kappa shape index (κ2) is 8.47. The summed E-state index contributed by atoms with van der Waals surface area (Å²) in [6.07, 6.45) is 5.04. The topological polar surface area (TPSA) is 43.8 Å². The third kappa shape index (κ3) is 4.52. The highest BCUT2D eigenvalue weighted by molar-refractivity contribution is 6.31. The summed E-state index contributed by atoms with van der Waals surface area (Å²) in [7, 11) is 0. The van der Waals surface area contributed by atoms with Gasteiger partial charge in [0.2, 0.25) is 0 Å². The molecule has 6 heteroatoms. The fraction of sp³-hybridized carbons (Fsp3) is 0.632. The van der Waals surface area contributed by atoms with Gasteiger partial charge in [0.25, 0.3) is 5.91 Å². The first-order valence-electron chi connectivity index (χ1n) is 9.16. The summed E-state index contributed by atoms with van der Waals surface area (Å²) in [6, 6.07) is 4.08. The first-order chi connectivity index (χ1) is 12.1. The molecule has 0 aromatic heterocycles. The van der Waals surface area contributed by atoms with Gasteiger partial charge >= 0.3 is 0 Å². The maximum Gasteiger partial charge on any atom is 0.253 e. The molecule has 0 unspecified atom stereocenters. The number of halogens is 2. The molecule has 1 N–H and O–H groups in total. The maximum absolute atomic E-state index is 13.3. The van der Waals surface area contributed by atoms with E-state index in [1.165, 1.54) is 43.9 Å². The van der Waals surface area contributed by atoms with Gasteiger partial charge < -0.3 is 14.9 Å². The first kappa shape index (κ1) is 18.6. The Balaban J connectivity index is 1.65. The largest absolute Gasteiger partial charge is 0.396 e. The van der Waals surface area contributed by atoms with Crippen molar-refractivity contribution >= 4 is 17.5 Å². The molecule has 0 aliphatic carbocycles. The van der Waals surface area contributed by atoms with E-state index in [4.69, 9.17) is 11.6 Å². The van der Waals surface area contributed by atoms with Crippen LogP contribution in [0.2, 0.25) is 5.02 Å². The van der Waals surface area contributed by atoms with Crippen LogP contribution in [0.4, 0.5) is 4.39 Å². The summed E-state index contributed by atoms with van der Waals surface area (Å²) in [5.41, 5.74) is 0.401. The summed E-state index contributed by atoms with van der Waals surface area (Å²) in [5.74, 6) is -0.281. The highest BCUT2D eigenvalue weighted by Crippen LogP contribution is 2.27. The number of aliphatic hydroxyl groups is 1. The third-order valence-corrected chi connectivity index (χ3v) is 5.75. The number of hydrogen-bond donors (Lipinski definition) is 1. The van der Waals surface area contributed by atoms with Crippen LogP contribution in [0.1, 0.15) is 36.0 Å². The van der Waals surface area contributed by atoms with Crippen LogP contribution >= 0.6 is 11.6 Å². The van der Waals surface area contributed by atoms with E-state index in [9.17, 15) is 14.3 Å². The number of hydrogen-bond acceptors (Lipinski definition) is 3. The molecule has 4 nitrogen and oxygen atoms in total. The molecule has 0 saturated carbocycles. The van der Waals surface area contributed by atoms with Crippen molar-refractivity contribution in [2.45, 2.75) is 25.7 Å². The molecule has 2 atom stereocenters. The molecule has 25 heavy (non-hydrogen) atoms. The van der Waals surface area contributed by atoms with Gasteiger partial charge in [-0.2, -0.15) is 0 Å². The van der Waals surface area contributed by atoms with E-state index < -0.39 is 5.82 Å². The monoisotopic (exact) mass is 368 g/mol. The Labute approximate surface area is 153 Å². The number of carbonyl (C=O) groups is 1. The predicted molar refractivity (Wildman–Crippen MR) is 96.3 cm³/mol. The molecular formula is C19H26ClFN2O2. The zero-order valence-electron chi connectivity index (χ0n) is 14.5. The second-order valence-electron chi connectivity index (χ2n) is 7.26. The molecule has 1 amide bonds. The van der Waals surface area contributed by atoms with Crippen LogP contribution in [-0.4, -0.2) is 60.1 Å². The first-order valence-corrected chi connectivity index (χ1v) is 9.54. The quantitative estimate of drug-likeness (QED) is 0.888. The summed E-state index contributed by atoms with van der Waals surface area (Å²) in [5, 5.41) is 9.71. The van der Waals surface area contributed by atoms with E-state index in [1.54, 1.807) is 4.90 Å². The Morgan fingerprint density at radius 1 is 1.16 bits per heavy atom. The summed E-state index contributed by atoms with van der Waals surface area (Å²) < 4.78 is 13.3. The predicted octanol–water partition coefficient (Wildman–Crippen LogP) is 3.04. The minimum Gasteiger partial charge on any atom is -0.396 e. The number of carbonyl (C=O) groups excluding carboxylic acids is 1. The molecule has 138 valence electrons. The van der Waals surface area contributed by atoms with Gasteiger partial charge in [0.15, 0.2) is 0 Å². The van der Waals surface area contributed by atoms with E-state index in [0.717, 1.165) is 19.6 Å². The highest BCUT2D eigenvalue weighted by atomic mass is 35.5. The van der Waals surface area contributed by atoms with Crippen LogP contribution in [0, 0.1) is 17.7 Å². The minimum atomic E-state index is -0.521. The summed E-state index contributed by atoms with van der Waals surface area (Å²) in [4.78, 5) is 17.0. The Kier molecular flexibility index (Phi) is 6.31. The van der Waals surface area contributed by atoms with Gasteiger partial charge in [0.05, 0.1) is 5.02 Å². The lowest BCUT2D eigenvalue weighted by Gasteiger charge is -2.26. The molecule has 2 fully saturated rings. The van der Waals surface area contributed by atoms with Gasteiger partial charge in [0, 0.05) is 37.7 Å². The fourth-order valence-electron chi connectivity index (χ4n) is 3.98. The zero-order valence-corrected chi connectivity index (χ0v) is 15.2. The number of rotatable bonds is 4. The molecule has 3 rings (SSSR count). The van der Waals surface area contributed by atoms with Crippen molar-refractivity contribution in [3.05, 3.63) is 34.6 Å². The van der Waals surface area contributed by atoms with Gasteiger partial charge in [-0.05, 0) is 50.0 Å². The highest BCUT2D eigenvalue weighted by Gasteiger charge is 2.36. The van der Waals surface area contributed by atoms with Crippen LogP contribution in [0.15, 0.2) is 18.2 Å². The van der Waals surface area contributed by atoms with Gasteiger partial charge in [-0.25, -0.2) is 4.39 Å². The standard InChI is InChI=1S/C19H26ClFN2O2/c20-17-9-14(5-6-18(17)21)19(25)23-11-15(16(12-23)13-24)10-22-7-3-1-2-4-8-22/h5-6,9,15-16,24H,1-4,7-8,10-13H2/t15-,16-/m0/s1. The summed E-state index contributed by atoms with van der Waals surface area (Å²) in [6.45, 7) is 4.41. The number of benzene rings is 1. The molecule has 0 radical (unpaired) electrons. The van der Waals surface area contributed by atoms with Gasteiger partial charge in [-0.1, -0.05) is 24.4 Å². The minimum absolute atomic E-state index is 0.0372. The molecule has 1 aromatic rings. The Morgan fingerprint density at radius 2 is 1.84 bits per heavy atom. The van der Waals surface area contributed by atoms with E-state index >= 15 is 0 Å². The fourth-order valence-corrected chi connectivity index (χ4v) is 4.16. The Bertz CT molecular complexity index is 605. The van der Waals surface area contributed by atoms with Crippen LogP contribution in [0.5, 0.6) is 0 Å². The van der Waals surface area contributed by atoms with Crippen LogP contribution < -0.4 is 0 Å². The van der Waals surface area contributed by atoms with E-state index in [-0.39, 0.29) is 29.4 Å². The SMILES string of the molecule is O=C(c1ccc(F)c(Cl)c1)N1C[C@@H](CO)[C@@H](CN2CCCCCC2)C1. The lowest BCUT2D eigenvalue weighted by atomic mass is 9.96. The number of amides is 1. The van der Waals surface area contributed by atoms with Crippen molar-refractivity contribution in [1.82, 2.24) is 9.80 Å². The molecular weight excluding hydrogens is 343 g/mol. The molecule has 2 aliphatic heterocycles. The maximum atomic E-state index is 13.3. The summed E-state index contributed by atoms with van der Waals surface area (Å²) >= 11 is 5.80. The second-order valence-corrected chi connectivity index (χ2v) is 7.66. The average molecular weight is 369 g/mol. The van der Waals surface area contributed by atoms with Crippen LogP contribution in [0.3, 0.4) is 0 Å². The van der Waals surface area contributed by atoms with Crippen molar-refractivity contribution in [3.8, 4) is 0 Å². The van der Waals surface area contributed by atoms with Gasteiger partial charge in [-0.3, -0.25) is 4.79 Å². The molecule has 1 aromatic carbocycles.